The van der Waals surface area contributed by atoms with E-state index in [1.165, 1.54) is 0 Å². The molecular weight excluding hydrogens is 170 g/mol. The lowest BCUT2D eigenvalue weighted by Gasteiger charge is -2.13. The highest BCUT2D eigenvalue weighted by Crippen LogP contribution is 2.17. The fourth-order valence-electron chi connectivity index (χ4n) is 0.572. The number of carbonyl (C=O) groups is 1. The normalized spacial score (nSPS) is 11.8. The van der Waals surface area contributed by atoms with Crippen molar-refractivity contribution in [1.29, 1.82) is 0 Å². The summed E-state index contributed by atoms with van der Waals surface area (Å²) in [5.74, 6) is -4.37. The van der Waals surface area contributed by atoms with Gasteiger partial charge in [-0.25, -0.2) is 8.78 Å². The minimum absolute atomic E-state index is 0.410. The highest BCUT2D eigenvalue weighted by molar-refractivity contribution is 5.70. The molecule has 0 rings (SSSR count). The van der Waals surface area contributed by atoms with Crippen LogP contribution < -0.4 is 0 Å². The summed E-state index contributed by atoms with van der Waals surface area (Å²) in [7, 11) is 0. The van der Waals surface area contributed by atoms with Gasteiger partial charge < -0.3 is 9.84 Å². The predicted octanol–water partition coefficient (Wildman–Crippen LogP) is 0.956. The van der Waals surface area contributed by atoms with Gasteiger partial charge in [0.25, 0.3) is 5.92 Å². The third-order valence-electron chi connectivity index (χ3n) is 1.00. The van der Waals surface area contributed by atoms with Gasteiger partial charge in [0.2, 0.25) is 0 Å². The largest absolute Gasteiger partial charge is 0.463 e. The second-order valence-electron chi connectivity index (χ2n) is 2.73. The van der Waals surface area contributed by atoms with E-state index in [1.807, 2.05) is 0 Å². The number of halogens is 2. The van der Waals surface area contributed by atoms with Gasteiger partial charge in [-0.1, -0.05) is 0 Å². The van der Waals surface area contributed by atoms with Crippen molar-refractivity contribution in [1.82, 2.24) is 0 Å². The molecule has 5 heteroatoms. The Morgan fingerprint density at radius 1 is 1.58 bits per heavy atom. The molecule has 0 saturated carbocycles. The smallest absolute Gasteiger partial charge is 0.312 e. The van der Waals surface area contributed by atoms with E-state index in [2.05, 4.69) is 4.74 Å². The van der Waals surface area contributed by atoms with E-state index >= 15 is 0 Å². The second-order valence-corrected chi connectivity index (χ2v) is 2.73. The Bertz CT molecular complexity index is 157. The van der Waals surface area contributed by atoms with Gasteiger partial charge in [0.05, 0.1) is 6.10 Å². The van der Waals surface area contributed by atoms with Crippen LogP contribution in [0.5, 0.6) is 0 Å². The van der Waals surface area contributed by atoms with Crippen LogP contribution in [-0.2, 0) is 9.53 Å². The lowest BCUT2D eigenvalue weighted by molar-refractivity contribution is -0.157. The molecule has 0 heterocycles. The van der Waals surface area contributed by atoms with E-state index in [4.69, 9.17) is 5.11 Å². The number of carbonyl (C=O) groups excluding carboxylic acids is 1. The SMILES string of the molecule is CC(C)OC(=O)CC(F)(F)CO. The number of hydrogen-bond donors (Lipinski definition) is 1. The maximum absolute atomic E-state index is 12.3. The lowest BCUT2D eigenvalue weighted by Crippen LogP contribution is -2.27. The number of esters is 1. The number of aliphatic hydroxyl groups is 1. The Kier molecular flexibility index (Phi) is 4.09. The summed E-state index contributed by atoms with van der Waals surface area (Å²) in [5.41, 5.74) is 0. The van der Waals surface area contributed by atoms with E-state index in [-0.39, 0.29) is 0 Å². The summed E-state index contributed by atoms with van der Waals surface area (Å²) in [6, 6.07) is 0. The molecule has 0 aliphatic carbocycles. The zero-order chi connectivity index (χ0) is 9.78. The first-order chi connectivity index (χ1) is 5.37. The zero-order valence-electron chi connectivity index (χ0n) is 7.01. The standard InChI is InChI=1S/C7H12F2O3/c1-5(2)12-6(11)3-7(8,9)4-10/h5,10H,3-4H2,1-2H3. The Morgan fingerprint density at radius 2 is 2.08 bits per heavy atom. The van der Waals surface area contributed by atoms with E-state index in [9.17, 15) is 13.6 Å². The monoisotopic (exact) mass is 182 g/mol. The van der Waals surface area contributed by atoms with Crippen molar-refractivity contribution in [2.45, 2.75) is 32.3 Å². The molecule has 0 fully saturated rings. The number of ether oxygens (including phenoxy) is 1. The topological polar surface area (TPSA) is 46.5 Å². The first-order valence-electron chi connectivity index (χ1n) is 3.55. The highest BCUT2D eigenvalue weighted by atomic mass is 19.3. The van der Waals surface area contributed by atoms with E-state index in [0.29, 0.717) is 0 Å². The molecule has 0 amide bonds. The molecule has 0 radical (unpaired) electrons. The minimum Gasteiger partial charge on any atom is -0.463 e. The zero-order valence-corrected chi connectivity index (χ0v) is 7.01. The Balaban J connectivity index is 3.84. The quantitative estimate of drug-likeness (QED) is 0.658. The molecule has 0 bridgehead atoms. The first-order valence-corrected chi connectivity index (χ1v) is 3.55. The molecule has 0 unspecified atom stereocenters. The molecule has 0 saturated heterocycles. The highest BCUT2D eigenvalue weighted by Gasteiger charge is 2.32. The summed E-state index contributed by atoms with van der Waals surface area (Å²) >= 11 is 0. The first kappa shape index (κ1) is 11.3. The van der Waals surface area contributed by atoms with Gasteiger partial charge in [-0.15, -0.1) is 0 Å². The Labute approximate surface area is 69.3 Å². The number of hydrogen-bond acceptors (Lipinski definition) is 3. The molecule has 0 atom stereocenters. The molecule has 0 aliphatic rings. The minimum atomic E-state index is -3.37. The second kappa shape index (κ2) is 4.35. The average Bonchev–Trinajstić information content (AvgIpc) is 1.84. The molecule has 12 heavy (non-hydrogen) atoms. The molecular formula is C7H12F2O3. The van der Waals surface area contributed by atoms with Crippen LogP contribution in [0.25, 0.3) is 0 Å². The molecule has 72 valence electrons. The molecule has 0 spiro atoms. The van der Waals surface area contributed by atoms with Crippen LogP contribution in [0.1, 0.15) is 20.3 Å². The molecule has 0 aromatic rings. The third kappa shape index (κ3) is 5.01. The van der Waals surface area contributed by atoms with Gasteiger partial charge in [-0.3, -0.25) is 4.79 Å². The van der Waals surface area contributed by atoms with Crippen LogP contribution >= 0.6 is 0 Å². The molecule has 0 aromatic heterocycles. The number of rotatable bonds is 4. The van der Waals surface area contributed by atoms with Crippen LogP contribution in [0.3, 0.4) is 0 Å². The van der Waals surface area contributed by atoms with Gasteiger partial charge in [0.15, 0.2) is 0 Å². The lowest BCUT2D eigenvalue weighted by atomic mass is 10.2. The van der Waals surface area contributed by atoms with Crippen molar-refractivity contribution in [2.75, 3.05) is 6.61 Å². The van der Waals surface area contributed by atoms with Gasteiger partial charge in [-0.2, -0.15) is 0 Å². The predicted molar refractivity (Wildman–Crippen MR) is 37.9 cm³/mol. The average molecular weight is 182 g/mol. The van der Waals surface area contributed by atoms with Crippen molar-refractivity contribution in [3.8, 4) is 0 Å². The Hall–Kier alpha value is -0.710. The van der Waals surface area contributed by atoms with Crippen molar-refractivity contribution in [3.63, 3.8) is 0 Å². The van der Waals surface area contributed by atoms with Crippen LogP contribution in [0.15, 0.2) is 0 Å². The maximum atomic E-state index is 12.3. The summed E-state index contributed by atoms with van der Waals surface area (Å²) in [4.78, 5) is 10.6. The summed E-state index contributed by atoms with van der Waals surface area (Å²) in [6.45, 7) is 1.80. The molecule has 3 nitrogen and oxygen atoms in total. The fourth-order valence-corrected chi connectivity index (χ4v) is 0.572. The van der Waals surface area contributed by atoms with Gasteiger partial charge in [0, 0.05) is 0 Å². The van der Waals surface area contributed by atoms with Crippen LogP contribution in [-0.4, -0.2) is 29.7 Å². The number of aliphatic hydroxyl groups excluding tert-OH is 1. The van der Waals surface area contributed by atoms with E-state index in [0.717, 1.165) is 0 Å². The van der Waals surface area contributed by atoms with Crippen LogP contribution in [0, 0.1) is 0 Å². The van der Waals surface area contributed by atoms with Gasteiger partial charge >= 0.3 is 5.97 Å². The van der Waals surface area contributed by atoms with Crippen molar-refractivity contribution in [2.24, 2.45) is 0 Å². The van der Waals surface area contributed by atoms with Crippen molar-refractivity contribution < 1.29 is 23.4 Å². The third-order valence-corrected chi connectivity index (χ3v) is 1.00. The van der Waals surface area contributed by atoms with Gasteiger partial charge in [0.1, 0.15) is 13.0 Å². The summed E-state index contributed by atoms with van der Waals surface area (Å²) in [6.07, 6.45) is -1.48. The summed E-state index contributed by atoms with van der Waals surface area (Å²) < 4.78 is 29.1. The molecule has 1 N–H and O–H groups in total. The van der Waals surface area contributed by atoms with E-state index in [1.54, 1.807) is 13.8 Å². The van der Waals surface area contributed by atoms with Crippen LogP contribution in [0.2, 0.25) is 0 Å². The van der Waals surface area contributed by atoms with Crippen molar-refractivity contribution >= 4 is 5.97 Å². The number of alkyl halides is 2. The molecule has 0 aliphatic heterocycles. The fraction of sp³-hybridized carbons (Fsp3) is 0.857. The van der Waals surface area contributed by atoms with Crippen molar-refractivity contribution in [3.05, 3.63) is 0 Å². The van der Waals surface area contributed by atoms with Gasteiger partial charge in [-0.05, 0) is 13.8 Å². The molecule has 0 aromatic carbocycles. The Morgan fingerprint density at radius 3 is 2.42 bits per heavy atom. The summed E-state index contributed by atoms with van der Waals surface area (Å²) in [5, 5.41) is 8.12. The van der Waals surface area contributed by atoms with E-state index < -0.39 is 31.0 Å². The maximum Gasteiger partial charge on any atom is 0.312 e. The van der Waals surface area contributed by atoms with Crippen LogP contribution in [0.4, 0.5) is 8.78 Å².